The van der Waals surface area contributed by atoms with Crippen molar-refractivity contribution in [1.29, 1.82) is 0 Å². The Hall–Kier alpha value is -1.20. The molecule has 1 N–H and O–H groups in total. The SMILES string of the molecule is C=CCSCCn1c(=S)[nH]c2c(OCC)cccc21. The minimum atomic E-state index is 0.653. The molecule has 0 radical (unpaired) electrons. The van der Waals surface area contributed by atoms with Crippen molar-refractivity contribution in [3.63, 3.8) is 0 Å². The molecule has 0 aliphatic carbocycles. The molecule has 0 spiro atoms. The first-order valence-corrected chi connectivity index (χ1v) is 7.87. The quantitative estimate of drug-likeness (QED) is 0.475. The van der Waals surface area contributed by atoms with Crippen LogP contribution < -0.4 is 4.74 Å². The van der Waals surface area contributed by atoms with Gasteiger partial charge in [-0.2, -0.15) is 11.8 Å². The molecule has 1 heterocycles. The highest BCUT2D eigenvalue weighted by molar-refractivity contribution is 7.99. The van der Waals surface area contributed by atoms with Crippen LogP contribution in [0.3, 0.4) is 0 Å². The van der Waals surface area contributed by atoms with Gasteiger partial charge in [0.05, 0.1) is 12.1 Å². The normalized spacial score (nSPS) is 10.8. The van der Waals surface area contributed by atoms with Crippen LogP contribution in [0, 0.1) is 4.77 Å². The molecule has 0 fully saturated rings. The third-order valence-electron chi connectivity index (χ3n) is 2.77. The minimum Gasteiger partial charge on any atom is -0.492 e. The van der Waals surface area contributed by atoms with Crippen molar-refractivity contribution in [2.75, 3.05) is 18.1 Å². The maximum atomic E-state index is 5.62. The number of hydrogen-bond acceptors (Lipinski definition) is 3. The van der Waals surface area contributed by atoms with E-state index in [-0.39, 0.29) is 0 Å². The topological polar surface area (TPSA) is 29.9 Å². The van der Waals surface area contributed by atoms with Crippen molar-refractivity contribution in [1.82, 2.24) is 9.55 Å². The summed E-state index contributed by atoms with van der Waals surface area (Å²) in [4.78, 5) is 3.24. The highest BCUT2D eigenvalue weighted by Gasteiger charge is 2.08. The van der Waals surface area contributed by atoms with E-state index in [1.807, 2.05) is 36.9 Å². The van der Waals surface area contributed by atoms with E-state index < -0.39 is 0 Å². The second-order valence-electron chi connectivity index (χ2n) is 4.03. The Balaban J connectivity index is 2.28. The lowest BCUT2D eigenvalue weighted by atomic mass is 10.3. The van der Waals surface area contributed by atoms with Crippen molar-refractivity contribution in [2.24, 2.45) is 0 Å². The number of ether oxygens (including phenoxy) is 1. The van der Waals surface area contributed by atoms with Crippen LogP contribution in [-0.2, 0) is 6.54 Å². The monoisotopic (exact) mass is 294 g/mol. The fourth-order valence-electron chi connectivity index (χ4n) is 1.97. The van der Waals surface area contributed by atoms with Gasteiger partial charge in [-0.1, -0.05) is 12.1 Å². The van der Waals surface area contributed by atoms with E-state index >= 15 is 0 Å². The summed E-state index contributed by atoms with van der Waals surface area (Å²) >= 11 is 7.25. The molecule has 3 nitrogen and oxygen atoms in total. The van der Waals surface area contributed by atoms with Gasteiger partial charge in [-0.15, -0.1) is 6.58 Å². The zero-order valence-corrected chi connectivity index (χ0v) is 12.6. The molecule has 1 aromatic heterocycles. The van der Waals surface area contributed by atoms with Crippen molar-refractivity contribution < 1.29 is 4.74 Å². The van der Waals surface area contributed by atoms with Gasteiger partial charge in [0.2, 0.25) is 0 Å². The van der Waals surface area contributed by atoms with Gasteiger partial charge in [0.1, 0.15) is 11.3 Å². The van der Waals surface area contributed by atoms with E-state index in [0.717, 1.165) is 39.6 Å². The molecule has 0 saturated carbocycles. The first-order valence-electron chi connectivity index (χ1n) is 6.31. The fraction of sp³-hybridized carbons (Fsp3) is 0.357. The first kappa shape index (κ1) is 14.2. The Morgan fingerprint density at radius 3 is 3.11 bits per heavy atom. The first-order chi connectivity index (χ1) is 9.27. The largest absolute Gasteiger partial charge is 0.492 e. The Labute approximate surface area is 122 Å². The average molecular weight is 294 g/mol. The summed E-state index contributed by atoms with van der Waals surface area (Å²) in [6, 6.07) is 6.04. The Morgan fingerprint density at radius 2 is 2.37 bits per heavy atom. The predicted molar refractivity (Wildman–Crippen MR) is 85.8 cm³/mol. The number of fused-ring (bicyclic) bond motifs is 1. The second kappa shape index (κ2) is 6.82. The van der Waals surface area contributed by atoms with Crippen molar-refractivity contribution in [2.45, 2.75) is 13.5 Å². The van der Waals surface area contributed by atoms with Crippen molar-refractivity contribution in [3.05, 3.63) is 35.6 Å². The number of para-hydroxylation sites is 1. The van der Waals surface area contributed by atoms with Gasteiger partial charge in [-0.25, -0.2) is 0 Å². The third-order valence-corrected chi connectivity index (χ3v) is 4.03. The molecule has 19 heavy (non-hydrogen) atoms. The van der Waals surface area contributed by atoms with Gasteiger partial charge in [-0.05, 0) is 31.3 Å². The Bertz CT molecular complexity index is 615. The molecule has 0 saturated heterocycles. The number of H-pyrrole nitrogens is 1. The number of aromatic amines is 1. The van der Waals surface area contributed by atoms with Crippen LogP contribution in [0.4, 0.5) is 0 Å². The third kappa shape index (κ3) is 3.22. The fourth-order valence-corrected chi connectivity index (χ4v) is 2.91. The van der Waals surface area contributed by atoms with E-state index in [9.17, 15) is 0 Å². The number of nitrogens with zero attached hydrogens (tertiary/aromatic N) is 1. The molecule has 0 aliphatic rings. The van der Waals surface area contributed by atoms with Gasteiger partial charge in [-0.3, -0.25) is 0 Å². The van der Waals surface area contributed by atoms with Gasteiger partial charge < -0.3 is 14.3 Å². The van der Waals surface area contributed by atoms with Crippen LogP contribution in [0.15, 0.2) is 30.9 Å². The van der Waals surface area contributed by atoms with Crippen molar-refractivity contribution in [3.8, 4) is 5.75 Å². The van der Waals surface area contributed by atoms with E-state index in [2.05, 4.69) is 22.2 Å². The number of hydrogen-bond donors (Lipinski definition) is 1. The molecule has 0 aliphatic heterocycles. The maximum absolute atomic E-state index is 5.62. The van der Waals surface area contributed by atoms with Gasteiger partial charge in [0.15, 0.2) is 4.77 Å². The van der Waals surface area contributed by atoms with E-state index in [1.54, 1.807) is 0 Å². The zero-order valence-electron chi connectivity index (χ0n) is 11.0. The average Bonchev–Trinajstić information content (AvgIpc) is 2.73. The molecule has 2 rings (SSSR count). The lowest BCUT2D eigenvalue weighted by molar-refractivity contribution is 0.343. The van der Waals surface area contributed by atoms with Crippen LogP contribution in [0.5, 0.6) is 5.75 Å². The summed E-state index contributed by atoms with van der Waals surface area (Å²) in [6.45, 7) is 7.25. The summed E-state index contributed by atoms with van der Waals surface area (Å²) < 4.78 is 8.50. The number of rotatable bonds is 7. The van der Waals surface area contributed by atoms with Crippen LogP contribution in [0.2, 0.25) is 0 Å². The molecule has 1 aromatic carbocycles. The number of imidazole rings is 1. The summed E-state index contributed by atoms with van der Waals surface area (Å²) in [5, 5.41) is 0. The molecular formula is C14H18N2OS2. The highest BCUT2D eigenvalue weighted by atomic mass is 32.2. The van der Waals surface area contributed by atoms with E-state index in [0.29, 0.717) is 6.61 Å². The number of aryl methyl sites for hydroxylation is 1. The van der Waals surface area contributed by atoms with Crippen LogP contribution in [-0.4, -0.2) is 27.7 Å². The van der Waals surface area contributed by atoms with Crippen molar-refractivity contribution >= 4 is 35.0 Å². The number of aromatic nitrogens is 2. The van der Waals surface area contributed by atoms with E-state index in [4.69, 9.17) is 17.0 Å². The predicted octanol–water partition coefficient (Wildman–Crippen LogP) is 4.02. The molecule has 102 valence electrons. The molecule has 0 amide bonds. The minimum absolute atomic E-state index is 0.653. The van der Waals surface area contributed by atoms with Crippen LogP contribution in [0.25, 0.3) is 11.0 Å². The highest BCUT2D eigenvalue weighted by Crippen LogP contribution is 2.25. The summed E-state index contributed by atoms with van der Waals surface area (Å²) in [7, 11) is 0. The number of benzene rings is 1. The summed E-state index contributed by atoms with van der Waals surface area (Å²) in [6.07, 6.45) is 1.92. The summed E-state index contributed by atoms with van der Waals surface area (Å²) in [5.74, 6) is 2.86. The van der Waals surface area contributed by atoms with Gasteiger partial charge in [0, 0.05) is 18.1 Å². The van der Waals surface area contributed by atoms with Gasteiger partial charge >= 0.3 is 0 Å². The van der Waals surface area contributed by atoms with Crippen LogP contribution >= 0.6 is 24.0 Å². The molecule has 5 heteroatoms. The van der Waals surface area contributed by atoms with Gasteiger partial charge in [0.25, 0.3) is 0 Å². The number of thioether (sulfide) groups is 1. The van der Waals surface area contributed by atoms with E-state index in [1.165, 1.54) is 0 Å². The lowest BCUT2D eigenvalue weighted by Crippen LogP contribution is -2.00. The zero-order chi connectivity index (χ0) is 13.7. The molecule has 0 atom stereocenters. The molecule has 2 aromatic rings. The van der Waals surface area contributed by atoms with Crippen LogP contribution in [0.1, 0.15) is 6.92 Å². The summed E-state index contributed by atoms with van der Waals surface area (Å²) in [5.41, 5.74) is 2.10. The Morgan fingerprint density at radius 1 is 1.53 bits per heavy atom. The lowest BCUT2D eigenvalue weighted by Gasteiger charge is -2.06. The Kier molecular flexibility index (Phi) is 5.10. The number of nitrogens with one attached hydrogen (secondary N) is 1. The molecular weight excluding hydrogens is 276 g/mol. The maximum Gasteiger partial charge on any atom is 0.178 e. The standard InChI is InChI=1S/C14H18N2OS2/c1-3-9-19-10-8-16-11-6-5-7-12(17-4-2)13(11)15-14(16)18/h3,5-7H,1,4,8-10H2,2H3,(H,15,18). The molecule has 0 unspecified atom stereocenters. The molecule has 0 bridgehead atoms. The smallest absolute Gasteiger partial charge is 0.178 e. The second-order valence-corrected chi connectivity index (χ2v) is 5.57.